The van der Waals surface area contributed by atoms with E-state index in [1.807, 2.05) is 12.1 Å². The number of aryl methyl sites for hydroxylation is 1. The summed E-state index contributed by atoms with van der Waals surface area (Å²) in [6.07, 6.45) is 20.3. The van der Waals surface area contributed by atoms with E-state index in [2.05, 4.69) is 72.2 Å². The van der Waals surface area contributed by atoms with Crippen molar-refractivity contribution in [2.45, 2.75) is 84.1 Å². The molecule has 1 aromatic heterocycles. The summed E-state index contributed by atoms with van der Waals surface area (Å²) in [4.78, 5) is 14.8. The number of rotatable bonds is 3. The normalized spacial score (nSPS) is 19.9. The molecule has 0 saturated carbocycles. The van der Waals surface area contributed by atoms with Crippen molar-refractivity contribution in [3.63, 3.8) is 0 Å². The molecule has 2 aliphatic heterocycles. The molecule has 0 amide bonds. The molecular formula is C34H43N5. The van der Waals surface area contributed by atoms with Gasteiger partial charge in [0.1, 0.15) is 11.7 Å². The highest BCUT2D eigenvalue weighted by Crippen LogP contribution is 2.29. The largest absolute Gasteiger partial charge is 0.350 e. The fraction of sp³-hybridized carbons (Fsp3) is 0.441. The van der Waals surface area contributed by atoms with Crippen LogP contribution in [0.15, 0.2) is 77.3 Å². The summed E-state index contributed by atoms with van der Waals surface area (Å²) >= 11 is 0. The van der Waals surface area contributed by atoms with Gasteiger partial charge in [0.2, 0.25) is 5.95 Å². The van der Waals surface area contributed by atoms with Crippen molar-refractivity contribution >= 4 is 28.5 Å². The topological polar surface area (TPSA) is 62.2 Å². The summed E-state index contributed by atoms with van der Waals surface area (Å²) < 4.78 is 0. The summed E-state index contributed by atoms with van der Waals surface area (Å²) in [5.74, 6) is 2.95. The molecule has 1 atom stereocenters. The Morgan fingerprint density at radius 1 is 0.897 bits per heavy atom. The van der Waals surface area contributed by atoms with Crippen molar-refractivity contribution in [2.75, 3.05) is 17.2 Å². The highest BCUT2D eigenvalue weighted by molar-refractivity contribution is 6.08. The van der Waals surface area contributed by atoms with E-state index in [0.29, 0.717) is 18.4 Å². The number of nitrogens with zero attached hydrogens (tertiary/aromatic N) is 3. The number of aromatic nitrogens is 2. The fourth-order valence-electron chi connectivity index (χ4n) is 5.74. The van der Waals surface area contributed by atoms with Gasteiger partial charge in [-0.15, -0.1) is 0 Å². The molecule has 2 N–H and O–H groups in total. The van der Waals surface area contributed by atoms with E-state index in [1.165, 1.54) is 68.1 Å². The zero-order valence-electron chi connectivity index (χ0n) is 23.5. The van der Waals surface area contributed by atoms with E-state index in [9.17, 15) is 0 Å². The highest BCUT2D eigenvalue weighted by Gasteiger charge is 2.18. The van der Waals surface area contributed by atoms with Crippen LogP contribution >= 0.6 is 0 Å². The quantitative estimate of drug-likeness (QED) is 0.339. The van der Waals surface area contributed by atoms with Crippen LogP contribution in [-0.2, 0) is 13.0 Å². The molecule has 0 spiro atoms. The Morgan fingerprint density at radius 3 is 2.67 bits per heavy atom. The highest BCUT2D eigenvalue weighted by atomic mass is 15.2. The van der Waals surface area contributed by atoms with Crippen LogP contribution < -0.4 is 10.6 Å². The molecule has 1 unspecified atom stereocenters. The zero-order chi connectivity index (χ0) is 26.7. The van der Waals surface area contributed by atoms with Crippen LogP contribution in [0.1, 0.15) is 82.3 Å². The van der Waals surface area contributed by atoms with Gasteiger partial charge in [0, 0.05) is 18.5 Å². The minimum absolute atomic E-state index is 0.593. The van der Waals surface area contributed by atoms with E-state index in [-0.39, 0.29) is 0 Å². The molecule has 0 fully saturated rings. The molecule has 5 heteroatoms. The summed E-state index contributed by atoms with van der Waals surface area (Å²) in [5, 5.41) is 8.15. The van der Waals surface area contributed by atoms with E-state index in [0.717, 1.165) is 48.4 Å². The monoisotopic (exact) mass is 521 g/mol. The number of amidine groups is 1. The number of unbranched alkanes of at least 4 members (excludes halogenated alkanes) is 1. The second-order valence-corrected chi connectivity index (χ2v) is 10.9. The first-order valence-corrected chi connectivity index (χ1v) is 15.0. The summed E-state index contributed by atoms with van der Waals surface area (Å²) in [5.41, 5.74) is 5.16. The molecule has 3 heterocycles. The minimum Gasteiger partial charge on any atom is -0.350 e. The van der Waals surface area contributed by atoms with Crippen molar-refractivity contribution in [3.8, 4) is 0 Å². The number of hydrogen-bond acceptors (Lipinski definition) is 5. The van der Waals surface area contributed by atoms with Gasteiger partial charge in [0.05, 0.1) is 5.52 Å². The Kier molecular flexibility index (Phi) is 9.78. The number of allylic oxidation sites excluding steroid dienone is 3. The van der Waals surface area contributed by atoms with Crippen molar-refractivity contribution in [1.82, 2.24) is 9.97 Å². The third kappa shape index (κ3) is 7.56. The summed E-state index contributed by atoms with van der Waals surface area (Å²) in [6, 6.07) is 17.0. The van der Waals surface area contributed by atoms with E-state index in [1.54, 1.807) is 0 Å². The van der Waals surface area contributed by atoms with Crippen molar-refractivity contribution in [2.24, 2.45) is 10.9 Å². The molecule has 0 aliphatic carbocycles. The number of aliphatic imine (C=N–C) groups is 1. The van der Waals surface area contributed by atoms with Gasteiger partial charge in [-0.25, -0.2) is 4.98 Å². The standard InChI is InChI=1S/C34H43N5/c1-2-3-15-27-22-23-35-32-24-28(27)18-10-8-6-4-5-7-9-16-26-17-11-12-19-29(26)25-36-34-37-31-21-14-13-20-30(31)33(38-32)39-34/h8,10-14,17,19-21,24,27H,2-7,9,15-16,18,22-23,25H2,1H3,(H2,35,36,37,38,39)/b10-8-. The number of anilines is 2. The maximum atomic E-state index is 4.97. The Morgan fingerprint density at radius 2 is 1.74 bits per heavy atom. The molecule has 5 rings (SSSR count). The average Bonchev–Trinajstić information content (AvgIpc) is 3.15. The van der Waals surface area contributed by atoms with Crippen LogP contribution in [0.3, 0.4) is 0 Å². The first-order valence-electron chi connectivity index (χ1n) is 15.0. The van der Waals surface area contributed by atoms with E-state index >= 15 is 0 Å². The average molecular weight is 522 g/mol. The van der Waals surface area contributed by atoms with Gasteiger partial charge in [-0.2, -0.15) is 4.98 Å². The third-order valence-electron chi connectivity index (χ3n) is 8.00. The Hall–Kier alpha value is -3.47. The number of fused-ring (bicyclic) bond motifs is 6. The molecule has 0 radical (unpaired) electrons. The maximum Gasteiger partial charge on any atom is 0.225 e. The van der Waals surface area contributed by atoms with Gasteiger partial charge in [-0.3, -0.25) is 4.99 Å². The molecule has 204 valence electrons. The molecule has 39 heavy (non-hydrogen) atoms. The van der Waals surface area contributed by atoms with E-state index < -0.39 is 0 Å². The number of hydrogen-bond donors (Lipinski definition) is 2. The Labute approximate surface area is 234 Å². The molecule has 3 aromatic rings. The molecular weight excluding hydrogens is 478 g/mol. The smallest absolute Gasteiger partial charge is 0.225 e. The van der Waals surface area contributed by atoms with Crippen LogP contribution in [0, 0.1) is 5.92 Å². The van der Waals surface area contributed by atoms with Crippen molar-refractivity contribution in [1.29, 1.82) is 0 Å². The lowest BCUT2D eigenvalue weighted by Gasteiger charge is -2.17. The van der Waals surface area contributed by atoms with Gasteiger partial charge in [0.15, 0.2) is 0 Å². The van der Waals surface area contributed by atoms with Crippen molar-refractivity contribution < 1.29 is 0 Å². The number of nitrogens with one attached hydrogen (secondary N) is 2. The first kappa shape index (κ1) is 27.1. The molecule has 2 aliphatic rings. The van der Waals surface area contributed by atoms with Crippen LogP contribution in [0.5, 0.6) is 0 Å². The molecule has 0 saturated heterocycles. The van der Waals surface area contributed by atoms with Crippen molar-refractivity contribution in [3.05, 3.63) is 83.5 Å². The fourth-order valence-corrected chi connectivity index (χ4v) is 5.74. The molecule has 4 bridgehead atoms. The SMILES string of the molecule is CCCCC1CCN=C2C=C1C/C=C\CCCCCCc1ccccc1CNc1nc(c3ccccc3n1)N2. The van der Waals surface area contributed by atoms with Gasteiger partial charge in [0.25, 0.3) is 0 Å². The number of para-hydroxylation sites is 1. The number of benzene rings is 2. The lowest BCUT2D eigenvalue weighted by Crippen LogP contribution is -2.14. The predicted molar refractivity (Wildman–Crippen MR) is 165 cm³/mol. The second kappa shape index (κ2) is 14.1. The van der Waals surface area contributed by atoms with Crippen LogP contribution in [0.2, 0.25) is 0 Å². The first-order chi connectivity index (χ1) is 19.3. The minimum atomic E-state index is 0.593. The lowest BCUT2D eigenvalue weighted by molar-refractivity contribution is 0.497. The van der Waals surface area contributed by atoms with Gasteiger partial charge >= 0.3 is 0 Å². The van der Waals surface area contributed by atoms with Gasteiger partial charge in [-0.05, 0) is 80.2 Å². The van der Waals surface area contributed by atoms with Crippen LogP contribution in [-0.4, -0.2) is 22.3 Å². The Balaban J connectivity index is 1.48. The Bertz CT molecular complexity index is 1320. The summed E-state index contributed by atoms with van der Waals surface area (Å²) in [6.45, 7) is 3.83. The van der Waals surface area contributed by atoms with Gasteiger partial charge in [-0.1, -0.05) is 86.7 Å². The lowest BCUT2D eigenvalue weighted by atomic mass is 9.88. The maximum absolute atomic E-state index is 4.97. The third-order valence-corrected chi connectivity index (χ3v) is 8.00. The predicted octanol–water partition coefficient (Wildman–Crippen LogP) is 8.64. The molecule has 2 aromatic carbocycles. The van der Waals surface area contributed by atoms with Crippen LogP contribution in [0.4, 0.5) is 11.8 Å². The van der Waals surface area contributed by atoms with E-state index in [4.69, 9.17) is 15.0 Å². The van der Waals surface area contributed by atoms with Gasteiger partial charge < -0.3 is 10.6 Å². The second-order valence-electron chi connectivity index (χ2n) is 10.9. The molecule has 5 nitrogen and oxygen atoms in total. The summed E-state index contributed by atoms with van der Waals surface area (Å²) in [7, 11) is 0. The van der Waals surface area contributed by atoms with Crippen LogP contribution in [0.25, 0.3) is 10.9 Å². The zero-order valence-corrected chi connectivity index (χ0v) is 23.5.